The Morgan fingerprint density at radius 2 is 1.79 bits per heavy atom. The molecule has 38 heavy (non-hydrogen) atoms. The molecule has 2 aromatic heterocycles. The highest BCUT2D eigenvalue weighted by atomic mass is 32.2. The monoisotopic (exact) mass is 549 g/mol. The van der Waals surface area contributed by atoms with Crippen molar-refractivity contribution in [3.05, 3.63) is 69.0 Å². The largest absolute Gasteiger partial charge is 0.497 e. The number of amides is 1. The van der Waals surface area contributed by atoms with Crippen LogP contribution in [0.1, 0.15) is 30.9 Å². The van der Waals surface area contributed by atoms with Crippen molar-refractivity contribution >= 4 is 57.4 Å². The lowest BCUT2D eigenvalue weighted by Gasteiger charge is -2.37. The summed E-state index contributed by atoms with van der Waals surface area (Å²) in [6.45, 7) is 7.56. The van der Waals surface area contributed by atoms with E-state index in [1.807, 2.05) is 31.2 Å². The molecule has 0 atom stereocenters. The number of nitrogens with zero attached hydrogens (tertiary/aromatic N) is 5. The van der Waals surface area contributed by atoms with Crippen LogP contribution >= 0.6 is 24.0 Å². The highest BCUT2D eigenvalue weighted by Gasteiger charge is 2.33. The number of hydrogen-bond acceptors (Lipinski definition) is 8. The minimum absolute atomic E-state index is 0.141. The zero-order chi connectivity index (χ0) is 26.8. The van der Waals surface area contributed by atoms with E-state index in [-0.39, 0.29) is 11.5 Å². The number of methoxy groups -OCH3 is 1. The number of anilines is 2. The number of thioether (sulfide) groups is 1. The van der Waals surface area contributed by atoms with Gasteiger partial charge in [0.2, 0.25) is 0 Å². The third kappa shape index (κ3) is 5.02. The Morgan fingerprint density at radius 1 is 1.08 bits per heavy atom. The number of carbonyl (C=O) groups is 1. The number of benzene rings is 1. The number of piperazine rings is 1. The van der Waals surface area contributed by atoms with Crippen molar-refractivity contribution in [1.29, 1.82) is 0 Å². The van der Waals surface area contributed by atoms with Crippen molar-refractivity contribution in [2.24, 2.45) is 0 Å². The molecule has 0 bridgehead atoms. The Kier molecular flexibility index (Phi) is 7.71. The minimum atomic E-state index is -0.190. The van der Waals surface area contributed by atoms with Crippen molar-refractivity contribution in [2.45, 2.75) is 26.7 Å². The van der Waals surface area contributed by atoms with Gasteiger partial charge in [-0.1, -0.05) is 43.4 Å². The summed E-state index contributed by atoms with van der Waals surface area (Å²) in [6, 6.07) is 11.8. The van der Waals surface area contributed by atoms with Crippen LogP contribution in [0, 0.1) is 6.92 Å². The van der Waals surface area contributed by atoms with E-state index in [4.69, 9.17) is 21.9 Å². The predicted molar refractivity (Wildman–Crippen MR) is 158 cm³/mol. The van der Waals surface area contributed by atoms with Gasteiger partial charge in [0.05, 0.1) is 17.6 Å². The van der Waals surface area contributed by atoms with Crippen LogP contribution < -0.4 is 20.1 Å². The molecule has 2 fully saturated rings. The third-order valence-electron chi connectivity index (χ3n) is 6.97. The summed E-state index contributed by atoms with van der Waals surface area (Å²) >= 11 is 6.75. The van der Waals surface area contributed by atoms with Crippen LogP contribution in [0.5, 0.6) is 5.75 Å². The smallest absolute Gasteiger partial charge is 0.267 e. The zero-order valence-electron chi connectivity index (χ0n) is 21.8. The second-order valence-electron chi connectivity index (χ2n) is 9.40. The number of aryl methyl sites for hydroxylation is 1. The molecule has 0 saturated carbocycles. The molecule has 198 valence electrons. The standard InChI is InChI=1S/C28H31N5O3S2/c1-4-5-12-33-27(35)23(38-28(33)37)18-22-25(29-24-19(2)7-6-13-32(24)26(22)34)31-16-14-30(15-17-31)20-8-10-21(36-3)11-9-20/h6-11,13,18H,4-5,12,14-17H2,1-3H3/b23-18-. The van der Waals surface area contributed by atoms with Crippen LogP contribution in [0.15, 0.2) is 52.3 Å². The average molecular weight is 550 g/mol. The van der Waals surface area contributed by atoms with Gasteiger partial charge in [-0.05, 0) is 55.3 Å². The molecule has 8 nitrogen and oxygen atoms in total. The van der Waals surface area contributed by atoms with Gasteiger partial charge in [0.1, 0.15) is 21.5 Å². The Labute approximate surface area is 231 Å². The number of thiocarbonyl (C=S) groups is 1. The topological polar surface area (TPSA) is 70.4 Å². The second-order valence-corrected chi connectivity index (χ2v) is 11.1. The van der Waals surface area contributed by atoms with E-state index in [1.165, 1.54) is 11.8 Å². The zero-order valence-corrected chi connectivity index (χ0v) is 23.5. The SMILES string of the molecule is CCCCN1C(=O)/C(=C/c2c(N3CCN(c4ccc(OC)cc4)CC3)nc3c(C)cccn3c2=O)SC1=S. The predicted octanol–water partition coefficient (Wildman–Crippen LogP) is 4.34. The molecule has 5 rings (SSSR count). The first-order chi connectivity index (χ1) is 18.4. The van der Waals surface area contributed by atoms with Gasteiger partial charge in [-0.15, -0.1) is 0 Å². The maximum atomic E-state index is 13.8. The van der Waals surface area contributed by atoms with Gasteiger partial charge < -0.3 is 14.5 Å². The van der Waals surface area contributed by atoms with Gasteiger partial charge in [0.15, 0.2) is 0 Å². The molecule has 3 aromatic rings. The quantitative estimate of drug-likeness (QED) is 0.319. The van der Waals surface area contributed by atoms with Gasteiger partial charge >= 0.3 is 0 Å². The summed E-state index contributed by atoms with van der Waals surface area (Å²) in [6.07, 6.45) is 5.27. The van der Waals surface area contributed by atoms with Gasteiger partial charge in [-0.2, -0.15) is 0 Å². The molecule has 10 heteroatoms. The molecule has 0 aliphatic carbocycles. The van der Waals surface area contributed by atoms with Crippen molar-refractivity contribution in [1.82, 2.24) is 14.3 Å². The van der Waals surface area contributed by atoms with Crippen molar-refractivity contribution in [3.8, 4) is 5.75 Å². The number of hydrogen-bond donors (Lipinski definition) is 0. The lowest BCUT2D eigenvalue weighted by atomic mass is 10.2. The molecular weight excluding hydrogens is 518 g/mol. The van der Waals surface area contributed by atoms with Crippen LogP contribution in [-0.2, 0) is 4.79 Å². The fourth-order valence-corrected chi connectivity index (χ4v) is 6.07. The molecule has 2 aliphatic rings. The van der Waals surface area contributed by atoms with E-state index in [0.717, 1.165) is 42.9 Å². The summed E-state index contributed by atoms with van der Waals surface area (Å²) in [7, 11) is 1.66. The molecule has 4 heterocycles. The Hall–Kier alpha value is -3.37. The Bertz CT molecular complexity index is 1460. The molecule has 2 aliphatic heterocycles. The number of carbonyl (C=O) groups excluding carboxylic acids is 1. The second kappa shape index (κ2) is 11.2. The van der Waals surface area contributed by atoms with Crippen molar-refractivity contribution < 1.29 is 9.53 Å². The fraction of sp³-hybridized carbons (Fsp3) is 0.357. The molecular formula is C28H31N5O3S2. The van der Waals surface area contributed by atoms with Gasteiger partial charge in [-0.25, -0.2) is 4.98 Å². The summed E-state index contributed by atoms with van der Waals surface area (Å²) in [4.78, 5) is 38.5. The molecule has 0 N–H and O–H groups in total. The summed E-state index contributed by atoms with van der Waals surface area (Å²) in [5.74, 6) is 1.29. The number of aromatic nitrogens is 2. The highest BCUT2D eigenvalue weighted by molar-refractivity contribution is 8.26. The van der Waals surface area contributed by atoms with E-state index in [1.54, 1.807) is 28.7 Å². The Balaban J connectivity index is 1.50. The van der Waals surface area contributed by atoms with Gasteiger partial charge in [0.25, 0.3) is 11.5 Å². The van der Waals surface area contributed by atoms with Crippen LogP contribution in [0.25, 0.3) is 11.7 Å². The number of pyridine rings is 1. The van der Waals surface area contributed by atoms with E-state index in [2.05, 4.69) is 28.9 Å². The van der Waals surface area contributed by atoms with Crippen LogP contribution in [0.2, 0.25) is 0 Å². The molecule has 2 saturated heterocycles. The van der Waals surface area contributed by atoms with Crippen molar-refractivity contribution in [2.75, 3.05) is 49.6 Å². The molecule has 1 aromatic carbocycles. The number of unbranched alkanes of at least 4 members (excludes halogenated alkanes) is 1. The first kappa shape index (κ1) is 26.2. The lowest BCUT2D eigenvalue weighted by Crippen LogP contribution is -2.47. The van der Waals surface area contributed by atoms with E-state index in [9.17, 15) is 9.59 Å². The molecule has 0 radical (unpaired) electrons. The fourth-order valence-electron chi connectivity index (χ4n) is 4.78. The van der Waals surface area contributed by atoms with Crippen molar-refractivity contribution in [3.63, 3.8) is 0 Å². The first-order valence-electron chi connectivity index (χ1n) is 12.8. The van der Waals surface area contributed by atoms with Crippen LogP contribution in [0.3, 0.4) is 0 Å². The van der Waals surface area contributed by atoms with Gasteiger partial charge in [-0.3, -0.25) is 18.9 Å². The number of fused-ring (bicyclic) bond motifs is 1. The summed E-state index contributed by atoms with van der Waals surface area (Å²) in [5, 5.41) is 0. The van der Waals surface area contributed by atoms with Crippen LogP contribution in [-0.4, -0.2) is 64.3 Å². The lowest BCUT2D eigenvalue weighted by molar-refractivity contribution is -0.122. The number of rotatable bonds is 7. The average Bonchev–Trinajstić information content (AvgIpc) is 3.21. The molecule has 0 unspecified atom stereocenters. The summed E-state index contributed by atoms with van der Waals surface area (Å²) < 4.78 is 7.39. The minimum Gasteiger partial charge on any atom is -0.497 e. The molecule has 1 amide bonds. The summed E-state index contributed by atoms with van der Waals surface area (Å²) in [5.41, 5.74) is 2.90. The molecule has 0 spiro atoms. The normalized spacial score (nSPS) is 17.2. The Morgan fingerprint density at radius 3 is 2.47 bits per heavy atom. The third-order valence-corrected chi connectivity index (χ3v) is 8.34. The maximum Gasteiger partial charge on any atom is 0.267 e. The van der Waals surface area contributed by atoms with Crippen LogP contribution in [0.4, 0.5) is 11.5 Å². The number of ether oxygens (including phenoxy) is 1. The van der Waals surface area contributed by atoms with E-state index in [0.29, 0.717) is 45.9 Å². The first-order valence-corrected chi connectivity index (χ1v) is 14.0. The maximum absolute atomic E-state index is 13.8. The van der Waals surface area contributed by atoms with Gasteiger partial charge in [0, 0.05) is 44.6 Å². The van der Waals surface area contributed by atoms with E-state index < -0.39 is 0 Å². The highest BCUT2D eigenvalue weighted by Crippen LogP contribution is 2.34. The van der Waals surface area contributed by atoms with E-state index >= 15 is 0 Å².